The van der Waals surface area contributed by atoms with Crippen LogP contribution in [-0.4, -0.2) is 36.4 Å². The minimum Gasteiger partial charge on any atom is -0.462 e. The fourth-order valence-electron chi connectivity index (χ4n) is 10.5. The van der Waals surface area contributed by atoms with Gasteiger partial charge in [-0.05, 0) is 12.8 Å². The van der Waals surface area contributed by atoms with Gasteiger partial charge in [-0.3, -0.25) is 9.59 Å². The molecular formula is C65H128O5. The van der Waals surface area contributed by atoms with E-state index in [9.17, 15) is 14.7 Å². The number of aliphatic hydroxyl groups excluding tert-OH is 1. The van der Waals surface area contributed by atoms with Gasteiger partial charge in [0.05, 0.1) is 6.61 Å². The summed E-state index contributed by atoms with van der Waals surface area (Å²) in [6.07, 6.45) is 77.1. The van der Waals surface area contributed by atoms with E-state index < -0.39 is 6.10 Å². The number of carbonyl (C=O) groups is 2. The third-order valence-corrected chi connectivity index (χ3v) is 15.4. The first-order valence-electron chi connectivity index (χ1n) is 32.6. The lowest BCUT2D eigenvalue weighted by Gasteiger charge is -2.15. The third-order valence-electron chi connectivity index (χ3n) is 15.4. The number of hydrogen-bond donors (Lipinski definition) is 1. The summed E-state index contributed by atoms with van der Waals surface area (Å²) in [6.45, 7) is 4.21. The van der Waals surface area contributed by atoms with Gasteiger partial charge in [0.1, 0.15) is 6.61 Å². The molecule has 0 saturated heterocycles. The molecule has 0 saturated carbocycles. The molecule has 1 unspecified atom stereocenters. The van der Waals surface area contributed by atoms with Crippen molar-refractivity contribution in [3.8, 4) is 0 Å². The molecule has 1 atom stereocenters. The first-order valence-corrected chi connectivity index (χ1v) is 32.6. The van der Waals surface area contributed by atoms with Crippen LogP contribution in [0.25, 0.3) is 0 Å². The topological polar surface area (TPSA) is 72.8 Å². The van der Waals surface area contributed by atoms with Gasteiger partial charge in [-0.1, -0.05) is 361 Å². The van der Waals surface area contributed by atoms with Gasteiger partial charge in [0, 0.05) is 12.8 Å². The number of ether oxygens (including phenoxy) is 2. The minimum absolute atomic E-state index is 0.0558. The van der Waals surface area contributed by atoms with Gasteiger partial charge in [0.25, 0.3) is 0 Å². The Morgan fingerprint density at radius 1 is 0.271 bits per heavy atom. The maximum Gasteiger partial charge on any atom is 0.306 e. The number of hydrogen-bond acceptors (Lipinski definition) is 5. The van der Waals surface area contributed by atoms with Crippen LogP contribution in [0.2, 0.25) is 0 Å². The van der Waals surface area contributed by atoms with Crippen LogP contribution in [0.4, 0.5) is 0 Å². The van der Waals surface area contributed by atoms with E-state index in [4.69, 9.17) is 9.47 Å². The molecular weight excluding hydrogens is 861 g/mol. The summed E-state index contributed by atoms with van der Waals surface area (Å²) in [5.41, 5.74) is 0. The average Bonchev–Trinajstić information content (AvgIpc) is 3.36. The molecule has 0 heterocycles. The Bertz CT molecular complexity index is 983. The summed E-state index contributed by atoms with van der Waals surface area (Å²) >= 11 is 0. The van der Waals surface area contributed by atoms with Crippen LogP contribution in [0, 0.1) is 0 Å². The average molecular weight is 990 g/mol. The van der Waals surface area contributed by atoms with E-state index in [-0.39, 0.29) is 25.2 Å². The van der Waals surface area contributed by atoms with Gasteiger partial charge in [0.2, 0.25) is 0 Å². The molecule has 0 radical (unpaired) electrons. The Labute approximate surface area is 439 Å². The Balaban J connectivity index is 3.32. The molecule has 5 heteroatoms. The van der Waals surface area contributed by atoms with Gasteiger partial charge in [-0.15, -0.1) is 0 Å². The molecule has 0 fully saturated rings. The molecule has 418 valence electrons. The lowest BCUT2D eigenvalue weighted by Crippen LogP contribution is -2.28. The van der Waals surface area contributed by atoms with E-state index in [1.54, 1.807) is 0 Å². The van der Waals surface area contributed by atoms with Crippen molar-refractivity contribution in [1.29, 1.82) is 0 Å². The van der Waals surface area contributed by atoms with Crippen LogP contribution >= 0.6 is 0 Å². The van der Waals surface area contributed by atoms with E-state index in [1.165, 1.54) is 327 Å². The molecule has 0 aliphatic carbocycles. The van der Waals surface area contributed by atoms with E-state index in [0.717, 1.165) is 32.1 Å². The largest absolute Gasteiger partial charge is 0.462 e. The quantitative estimate of drug-likeness (QED) is 0.0486. The maximum atomic E-state index is 12.3. The Kier molecular flexibility index (Phi) is 61.2. The van der Waals surface area contributed by atoms with Crippen molar-refractivity contribution in [3.05, 3.63) is 0 Å². The Hall–Kier alpha value is -1.10. The first kappa shape index (κ1) is 68.9. The van der Waals surface area contributed by atoms with Crippen molar-refractivity contribution in [1.82, 2.24) is 0 Å². The summed E-state index contributed by atoms with van der Waals surface area (Å²) < 4.78 is 10.7. The summed E-state index contributed by atoms with van der Waals surface area (Å²) in [5, 5.41) is 9.66. The fourth-order valence-corrected chi connectivity index (χ4v) is 10.5. The predicted octanol–water partition coefficient (Wildman–Crippen LogP) is 22.1. The summed E-state index contributed by atoms with van der Waals surface area (Å²) in [6, 6.07) is 0. The summed E-state index contributed by atoms with van der Waals surface area (Å²) in [5.74, 6) is -0.563. The van der Waals surface area contributed by atoms with E-state index in [2.05, 4.69) is 13.8 Å². The molecule has 0 bridgehead atoms. The normalized spacial score (nSPS) is 12.0. The monoisotopic (exact) mass is 989 g/mol. The lowest BCUT2D eigenvalue weighted by atomic mass is 10.0. The third kappa shape index (κ3) is 59.5. The van der Waals surface area contributed by atoms with Gasteiger partial charge in [-0.2, -0.15) is 0 Å². The number of aliphatic hydroxyl groups is 1. The van der Waals surface area contributed by atoms with Crippen LogP contribution in [0.1, 0.15) is 386 Å². The molecule has 0 spiro atoms. The second-order valence-electron chi connectivity index (χ2n) is 22.6. The standard InChI is InChI=1S/C65H128O5/c1-3-5-7-9-11-13-15-17-19-21-22-23-24-25-26-27-28-29-30-31-32-33-34-35-36-37-38-39-40-41-42-44-46-48-50-52-54-56-58-60-65(68)70-63(61-66)62-69-64(67)59-57-55-53-51-49-47-45-43-20-18-16-14-12-10-8-6-4-2/h63,66H,3-62H2,1-2H3. The van der Waals surface area contributed by atoms with Crippen molar-refractivity contribution in [2.75, 3.05) is 13.2 Å². The first-order chi connectivity index (χ1) is 34.6. The number of esters is 2. The van der Waals surface area contributed by atoms with Crippen LogP contribution in [-0.2, 0) is 19.1 Å². The van der Waals surface area contributed by atoms with Gasteiger partial charge < -0.3 is 14.6 Å². The van der Waals surface area contributed by atoms with Crippen LogP contribution < -0.4 is 0 Å². The molecule has 0 amide bonds. The highest BCUT2D eigenvalue weighted by Gasteiger charge is 2.16. The highest BCUT2D eigenvalue weighted by molar-refractivity contribution is 5.70. The molecule has 0 rings (SSSR count). The van der Waals surface area contributed by atoms with Crippen molar-refractivity contribution < 1.29 is 24.2 Å². The smallest absolute Gasteiger partial charge is 0.306 e. The molecule has 0 aliphatic rings. The zero-order valence-electron chi connectivity index (χ0n) is 48.1. The second kappa shape index (κ2) is 62.2. The van der Waals surface area contributed by atoms with Gasteiger partial charge in [0.15, 0.2) is 6.10 Å². The van der Waals surface area contributed by atoms with Gasteiger partial charge in [-0.25, -0.2) is 0 Å². The molecule has 1 N–H and O–H groups in total. The molecule has 5 nitrogen and oxygen atoms in total. The molecule has 70 heavy (non-hydrogen) atoms. The second-order valence-corrected chi connectivity index (χ2v) is 22.6. The summed E-state index contributed by atoms with van der Waals surface area (Å²) in [4.78, 5) is 24.5. The Morgan fingerprint density at radius 3 is 0.629 bits per heavy atom. The highest BCUT2D eigenvalue weighted by atomic mass is 16.6. The maximum absolute atomic E-state index is 12.3. The predicted molar refractivity (Wildman–Crippen MR) is 307 cm³/mol. The molecule has 0 aromatic heterocycles. The van der Waals surface area contributed by atoms with E-state index in [0.29, 0.717) is 12.8 Å². The van der Waals surface area contributed by atoms with Gasteiger partial charge >= 0.3 is 11.9 Å². The lowest BCUT2D eigenvalue weighted by molar-refractivity contribution is -0.161. The van der Waals surface area contributed by atoms with Crippen molar-refractivity contribution in [2.24, 2.45) is 0 Å². The zero-order chi connectivity index (χ0) is 50.6. The Morgan fingerprint density at radius 2 is 0.443 bits per heavy atom. The van der Waals surface area contributed by atoms with Crippen molar-refractivity contribution in [3.63, 3.8) is 0 Å². The SMILES string of the molecule is CCCCCCCCCCCCCCCCCCCCCCCCCCCCCCCCCCCCCCCCCC(=O)OC(CO)COC(=O)CCCCCCCCCCCCCCCCCCC. The number of rotatable bonds is 62. The van der Waals surface area contributed by atoms with Crippen molar-refractivity contribution >= 4 is 11.9 Å². The molecule has 0 aromatic carbocycles. The molecule has 0 aromatic rings. The van der Waals surface area contributed by atoms with Crippen molar-refractivity contribution in [2.45, 2.75) is 392 Å². The number of carbonyl (C=O) groups excluding carboxylic acids is 2. The molecule has 0 aliphatic heterocycles. The highest BCUT2D eigenvalue weighted by Crippen LogP contribution is 2.19. The number of unbranched alkanes of at least 4 members (excludes halogenated alkanes) is 54. The van der Waals surface area contributed by atoms with Crippen LogP contribution in [0.3, 0.4) is 0 Å². The summed E-state index contributed by atoms with van der Waals surface area (Å²) in [7, 11) is 0. The van der Waals surface area contributed by atoms with E-state index in [1.807, 2.05) is 0 Å². The fraction of sp³-hybridized carbons (Fsp3) is 0.969. The van der Waals surface area contributed by atoms with Crippen LogP contribution in [0.15, 0.2) is 0 Å². The van der Waals surface area contributed by atoms with Crippen LogP contribution in [0.5, 0.6) is 0 Å². The van der Waals surface area contributed by atoms with E-state index >= 15 is 0 Å². The zero-order valence-corrected chi connectivity index (χ0v) is 48.1. The minimum atomic E-state index is -0.764.